The molecule has 2 aromatic rings. The van der Waals surface area contributed by atoms with Crippen LogP contribution in [0.15, 0.2) is 41.2 Å². The fourth-order valence-corrected chi connectivity index (χ4v) is 1.56. The Labute approximate surface area is 104 Å². The average molecular weight is 247 g/mol. The van der Waals surface area contributed by atoms with E-state index >= 15 is 0 Å². The molecule has 1 N–H and O–H groups in total. The van der Waals surface area contributed by atoms with Crippen LogP contribution in [0.1, 0.15) is 11.1 Å². The molecule has 0 saturated heterocycles. The van der Waals surface area contributed by atoms with Crippen molar-refractivity contribution in [1.82, 2.24) is 10.5 Å². The molecule has 6 heteroatoms. The van der Waals surface area contributed by atoms with Crippen molar-refractivity contribution in [2.75, 3.05) is 6.54 Å². The van der Waals surface area contributed by atoms with Gasteiger partial charge in [0.2, 0.25) is 0 Å². The van der Waals surface area contributed by atoms with Gasteiger partial charge < -0.3 is 9.84 Å². The summed E-state index contributed by atoms with van der Waals surface area (Å²) in [7, 11) is 0. The highest BCUT2D eigenvalue weighted by molar-refractivity contribution is 5.32. The van der Waals surface area contributed by atoms with Crippen molar-refractivity contribution < 1.29 is 9.45 Å². The van der Waals surface area contributed by atoms with Crippen LogP contribution >= 0.6 is 0 Å². The molecular formula is C12H13N3O3. The lowest BCUT2D eigenvalue weighted by Crippen LogP contribution is -2.16. The average Bonchev–Trinajstić information content (AvgIpc) is 2.88. The van der Waals surface area contributed by atoms with Gasteiger partial charge in [-0.15, -0.1) is 0 Å². The van der Waals surface area contributed by atoms with Crippen molar-refractivity contribution in [1.29, 1.82) is 0 Å². The van der Waals surface area contributed by atoms with E-state index in [0.29, 0.717) is 6.54 Å². The van der Waals surface area contributed by atoms with E-state index < -0.39 is 4.92 Å². The summed E-state index contributed by atoms with van der Waals surface area (Å²) in [6.07, 6.45) is 4.08. The topological polar surface area (TPSA) is 81.2 Å². The molecule has 0 aliphatic carbocycles. The first-order chi connectivity index (χ1) is 8.75. The summed E-state index contributed by atoms with van der Waals surface area (Å²) in [6.45, 7) is 1.50. The number of non-ortho nitro benzene ring substituents is 1. The number of hydrogen-bond acceptors (Lipinski definition) is 5. The van der Waals surface area contributed by atoms with Crippen LogP contribution in [0.2, 0.25) is 0 Å². The van der Waals surface area contributed by atoms with E-state index in [9.17, 15) is 10.1 Å². The van der Waals surface area contributed by atoms with E-state index in [2.05, 4.69) is 10.5 Å². The van der Waals surface area contributed by atoms with Crippen LogP contribution < -0.4 is 5.32 Å². The Bertz CT molecular complexity index is 494. The van der Waals surface area contributed by atoms with E-state index in [1.54, 1.807) is 24.6 Å². The molecule has 6 nitrogen and oxygen atoms in total. The van der Waals surface area contributed by atoms with Gasteiger partial charge in [0.25, 0.3) is 5.69 Å². The molecule has 0 amide bonds. The number of nitro benzene ring substituents is 1. The number of nitrogens with one attached hydrogen (secondary N) is 1. The van der Waals surface area contributed by atoms with Crippen LogP contribution in [-0.2, 0) is 13.0 Å². The third kappa shape index (κ3) is 3.39. The maximum atomic E-state index is 10.5. The number of nitrogens with zero attached hydrogens (tertiary/aromatic N) is 2. The summed E-state index contributed by atoms with van der Waals surface area (Å²) in [5.74, 6) is 0. The third-order valence-corrected chi connectivity index (χ3v) is 2.55. The molecule has 0 radical (unpaired) electrons. The van der Waals surface area contributed by atoms with Crippen LogP contribution in [0, 0.1) is 10.1 Å². The van der Waals surface area contributed by atoms with Gasteiger partial charge in [0.05, 0.1) is 11.1 Å². The minimum absolute atomic E-state index is 0.121. The molecule has 0 saturated carbocycles. The van der Waals surface area contributed by atoms with Crippen molar-refractivity contribution in [3.8, 4) is 0 Å². The second-order valence-electron chi connectivity index (χ2n) is 3.88. The predicted molar refractivity (Wildman–Crippen MR) is 65.0 cm³/mol. The van der Waals surface area contributed by atoms with Gasteiger partial charge in [0.15, 0.2) is 0 Å². The van der Waals surface area contributed by atoms with E-state index in [0.717, 1.165) is 24.1 Å². The molecule has 94 valence electrons. The van der Waals surface area contributed by atoms with Crippen molar-refractivity contribution >= 4 is 5.69 Å². The molecule has 0 fully saturated rings. The summed E-state index contributed by atoms with van der Waals surface area (Å²) >= 11 is 0. The minimum Gasteiger partial charge on any atom is -0.364 e. The lowest BCUT2D eigenvalue weighted by Gasteiger charge is -2.02. The van der Waals surface area contributed by atoms with Gasteiger partial charge >= 0.3 is 0 Å². The quantitative estimate of drug-likeness (QED) is 0.479. The van der Waals surface area contributed by atoms with Gasteiger partial charge in [-0.2, -0.15) is 0 Å². The Morgan fingerprint density at radius 1 is 1.28 bits per heavy atom. The highest BCUT2D eigenvalue weighted by atomic mass is 16.6. The molecular weight excluding hydrogens is 234 g/mol. The Morgan fingerprint density at radius 3 is 2.67 bits per heavy atom. The fourth-order valence-electron chi connectivity index (χ4n) is 1.56. The molecule has 0 atom stereocenters. The first kappa shape index (κ1) is 12.3. The highest BCUT2D eigenvalue weighted by Crippen LogP contribution is 2.11. The van der Waals surface area contributed by atoms with Crippen LogP contribution in [-0.4, -0.2) is 16.6 Å². The molecule has 1 aromatic heterocycles. The maximum absolute atomic E-state index is 10.5. The fraction of sp³-hybridized carbons (Fsp3) is 0.250. The number of hydrogen-bond donors (Lipinski definition) is 1. The number of nitro groups is 1. The SMILES string of the molecule is O=[N+]([O-])c1ccc(CCNCc2cnoc2)cc1. The van der Waals surface area contributed by atoms with Crippen LogP contribution in [0.5, 0.6) is 0 Å². The maximum Gasteiger partial charge on any atom is 0.269 e. The summed E-state index contributed by atoms with van der Waals surface area (Å²) in [4.78, 5) is 10.1. The summed E-state index contributed by atoms with van der Waals surface area (Å²) in [6, 6.07) is 6.60. The summed E-state index contributed by atoms with van der Waals surface area (Å²) in [5, 5.41) is 17.3. The van der Waals surface area contributed by atoms with Crippen molar-refractivity contribution in [3.05, 3.63) is 58.0 Å². The lowest BCUT2D eigenvalue weighted by molar-refractivity contribution is -0.384. The summed E-state index contributed by atoms with van der Waals surface area (Å²) in [5.41, 5.74) is 2.19. The van der Waals surface area contributed by atoms with Crippen molar-refractivity contribution in [3.63, 3.8) is 0 Å². The molecule has 0 aliphatic heterocycles. The lowest BCUT2D eigenvalue weighted by atomic mass is 10.1. The van der Waals surface area contributed by atoms with Gasteiger partial charge in [-0.25, -0.2) is 0 Å². The molecule has 2 rings (SSSR count). The van der Waals surface area contributed by atoms with Crippen molar-refractivity contribution in [2.24, 2.45) is 0 Å². The van der Waals surface area contributed by atoms with Gasteiger partial charge in [-0.05, 0) is 18.5 Å². The van der Waals surface area contributed by atoms with E-state index in [-0.39, 0.29) is 5.69 Å². The zero-order valence-corrected chi connectivity index (χ0v) is 9.70. The standard InChI is InChI=1S/C12H13N3O3/c16-15(17)12-3-1-10(2-4-12)5-6-13-7-11-8-14-18-9-11/h1-4,8-9,13H,5-7H2. The first-order valence-corrected chi connectivity index (χ1v) is 5.58. The number of benzene rings is 1. The highest BCUT2D eigenvalue weighted by Gasteiger charge is 2.03. The van der Waals surface area contributed by atoms with Gasteiger partial charge in [0, 0.05) is 24.2 Å². The number of aromatic nitrogens is 1. The Balaban J connectivity index is 1.75. The van der Waals surface area contributed by atoms with E-state index in [4.69, 9.17) is 4.52 Å². The Morgan fingerprint density at radius 2 is 2.06 bits per heavy atom. The van der Waals surface area contributed by atoms with Gasteiger partial charge in [-0.3, -0.25) is 10.1 Å². The van der Waals surface area contributed by atoms with Crippen molar-refractivity contribution in [2.45, 2.75) is 13.0 Å². The molecule has 1 aromatic carbocycles. The van der Waals surface area contributed by atoms with Gasteiger partial charge in [0.1, 0.15) is 6.26 Å². The molecule has 18 heavy (non-hydrogen) atoms. The Kier molecular flexibility index (Phi) is 4.03. The normalized spacial score (nSPS) is 10.4. The molecule has 0 bridgehead atoms. The molecule has 0 spiro atoms. The smallest absolute Gasteiger partial charge is 0.269 e. The zero-order valence-electron chi connectivity index (χ0n) is 9.70. The second kappa shape index (κ2) is 5.92. The molecule has 1 heterocycles. The van der Waals surface area contributed by atoms with Crippen LogP contribution in [0.4, 0.5) is 5.69 Å². The molecule has 0 unspecified atom stereocenters. The van der Waals surface area contributed by atoms with Crippen LogP contribution in [0.25, 0.3) is 0 Å². The van der Waals surface area contributed by atoms with E-state index in [1.165, 1.54) is 12.1 Å². The van der Waals surface area contributed by atoms with E-state index in [1.807, 2.05) is 0 Å². The Hall–Kier alpha value is -2.21. The largest absolute Gasteiger partial charge is 0.364 e. The predicted octanol–water partition coefficient (Wildman–Crippen LogP) is 1.92. The first-order valence-electron chi connectivity index (χ1n) is 5.58. The zero-order chi connectivity index (χ0) is 12.8. The second-order valence-corrected chi connectivity index (χ2v) is 3.88. The monoisotopic (exact) mass is 247 g/mol. The number of rotatable bonds is 6. The third-order valence-electron chi connectivity index (χ3n) is 2.55. The summed E-state index contributed by atoms with van der Waals surface area (Å²) < 4.78 is 4.71. The van der Waals surface area contributed by atoms with Gasteiger partial charge in [-0.1, -0.05) is 17.3 Å². The molecule has 0 aliphatic rings. The van der Waals surface area contributed by atoms with Crippen LogP contribution in [0.3, 0.4) is 0 Å². The minimum atomic E-state index is -0.395.